The van der Waals surface area contributed by atoms with Crippen molar-refractivity contribution in [2.75, 3.05) is 47.9 Å². The van der Waals surface area contributed by atoms with Gasteiger partial charge >= 0.3 is 0 Å². The smallest absolute Gasteiger partial charge is 0.219 e. The fraction of sp³-hybridized carbons (Fsp3) is 0.233. The summed E-state index contributed by atoms with van der Waals surface area (Å²) in [5, 5.41) is 5.23. The lowest BCUT2D eigenvalue weighted by atomic mass is 10.1. The molecule has 42 heavy (non-hydrogen) atoms. The minimum atomic E-state index is -0.499. The van der Waals surface area contributed by atoms with E-state index in [-0.39, 0.29) is 28.8 Å². The SMILES string of the molecule is C/C=C/C(=N/C=C(\C)n1ncc(C(=O)c2cc3cc(N4CCOCC4)c(NSC)cc3[nH]2)c1N)Oc1ccccc1F. The number of aromatic nitrogens is 3. The van der Waals surface area contributed by atoms with Gasteiger partial charge in [-0.15, -0.1) is 0 Å². The molecule has 2 aromatic heterocycles. The van der Waals surface area contributed by atoms with E-state index in [4.69, 9.17) is 15.2 Å². The second-order valence-electron chi connectivity index (χ2n) is 9.50. The molecule has 0 bridgehead atoms. The second kappa shape index (κ2) is 13.0. The molecule has 0 spiro atoms. The average molecular weight is 590 g/mol. The predicted molar refractivity (Wildman–Crippen MR) is 168 cm³/mol. The Morgan fingerprint density at radius 2 is 2.05 bits per heavy atom. The summed E-state index contributed by atoms with van der Waals surface area (Å²) < 4.78 is 30.0. The summed E-state index contributed by atoms with van der Waals surface area (Å²) in [6.45, 7) is 6.48. The van der Waals surface area contributed by atoms with Crippen LogP contribution in [0.4, 0.5) is 21.6 Å². The molecule has 1 aliphatic heterocycles. The third-order valence-corrected chi connectivity index (χ3v) is 7.09. The Balaban J connectivity index is 1.40. The first-order valence-corrected chi connectivity index (χ1v) is 14.6. The summed E-state index contributed by atoms with van der Waals surface area (Å²) in [6.07, 6.45) is 8.23. The molecule has 12 heteroatoms. The largest absolute Gasteiger partial charge is 0.436 e. The molecule has 0 radical (unpaired) electrons. The molecule has 4 aromatic rings. The Bertz CT molecular complexity index is 1690. The van der Waals surface area contributed by atoms with Crippen molar-refractivity contribution in [1.29, 1.82) is 0 Å². The highest BCUT2D eigenvalue weighted by atomic mass is 32.2. The molecule has 0 aliphatic carbocycles. The molecule has 1 aliphatic rings. The molecule has 0 unspecified atom stereocenters. The molecule has 10 nitrogen and oxygen atoms in total. The first kappa shape index (κ1) is 29.0. The number of morpholine rings is 1. The number of nitrogens with two attached hydrogens (primary N) is 1. The Kier molecular flexibility index (Phi) is 8.94. The maximum atomic E-state index is 14.1. The summed E-state index contributed by atoms with van der Waals surface area (Å²) in [4.78, 5) is 23.4. The van der Waals surface area contributed by atoms with Gasteiger partial charge in [0, 0.05) is 30.2 Å². The molecule has 1 saturated heterocycles. The van der Waals surface area contributed by atoms with Crippen LogP contribution in [-0.2, 0) is 4.74 Å². The van der Waals surface area contributed by atoms with Gasteiger partial charge in [0.1, 0.15) is 5.82 Å². The van der Waals surface area contributed by atoms with Crippen molar-refractivity contribution in [2.45, 2.75) is 13.8 Å². The van der Waals surface area contributed by atoms with Gasteiger partial charge in [-0.1, -0.05) is 30.2 Å². The Morgan fingerprint density at radius 3 is 2.79 bits per heavy atom. The van der Waals surface area contributed by atoms with Gasteiger partial charge in [-0.2, -0.15) is 5.10 Å². The number of nitrogens with one attached hydrogen (secondary N) is 2. The zero-order valence-corrected chi connectivity index (χ0v) is 24.4. The van der Waals surface area contributed by atoms with Crippen LogP contribution in [0.2, 0.25) is 0 Å². The molecule has 2 aromatic carbocycles. The first-order chi connectivity index (χ1) is 20.4. The number of anilines is 3. The number of carbonyl (C=O) groups is 1. The van der Waals surface area contributed by atoms with E-state index < -0.39 is 5.82 Å². The highest BCUT2D eigenvalue weighted by molar-refractivity contribution is 7.99. The van der Waals surface area contributed by atoms with Crippen LogP contribution < -0.4 is 20.1 Å². The number of fused-ring (bicyclic) bond motifs is 1. The lowest BCUT2D eigenvalue weighted by molar-refractivity contribution is 0.103. The monoisotopic (exact) mass is 589 g/mol. The van der Waals surface area contributed by atoms with Crippen LogP contribution in [-0.4, -0.2) is 59.0 Å². The number of hydrogen-bond acceptors (Lipinski definition) is 9. The quantitative estimate of drug-likeness (QED) is 0.0982. The van der Waals surface area contributed by atoms with Crippen LogP contribution in [0.3, 0.4) is 0 Å². The molecule has 218 valence electrons. The maximum absolute atomic E-state index is 14.1. The van der Waals surface area contributed by atoms with Gasteiger partial charge < -0.3 is 29.8 Å². The molecule has 0 amide bonds. The summed E-state index contributed by atoms with van der Waals surface area (Å²) in [5.41, 5.74) is 10.4. The molecule has 4 N–H and O–H groups in total. The Hall–Kier alpha value is -4.55. The van der Waals surface area contributed by atoms with E-state index in [1.807, 2.05) is 18.4 Å². The van der Waals surface area contributed by atoms with Gasteiger partial charge in [0.25, 0.3) is 0 Å². The van der Waals surface area contributed by atoms with E-state index in [9.17, 15) is 9.18 Å². The number of ether oxygens (including phenoxy) is 2. The summed E-state index contributed by atoms with van der Waals surface area (Å²) in [7, 11) is 0. The topological polar surface area (TPSA) is 123 Å². The molecule has 0 saturated carbocycles. The molecule has 0 atom stereocenters. The maximum Gasteiger partial charge on any atom is 0.219 e. The molecular weight excluding hydrogens is 557 g/mol. The number of halogens is 1. The van der Waals surface area contributed by atoms with Crippen LogP contribution >= 0.6 is 11.9 Å². The molecule has 5 rings (SSSR count). The zero-order valence-electron chi connectivity index (χ0n) is 23.6. The number of rotatable bonds is 9. The van der Waals surface area contributed by atoms with Crippen LogP contribution in [0.25, 0.3) is 16.6 Å². The number of benzene rings is 2. The van der Waals surface area contributed by atoms with Gasteiger partial charge in [-0.05, 0) is 50.3 Å². The summed E-state index contributed by atoms with van der Waals surface area (Å²) in [5.74, 6) is -0.381. The number of allylic oxidation sites excluding steroid dienone is 2. The third kappa shape index (κ3) is 6.19. The fourth-order valence-electron chi connectivity index (χ4n) is 4.61. The lowest BCUT2D eigenvalue weighted by Crippen LogP contribution is -2.36. The number of ketones is 1. The second-order valence-corrected chi connectivity index (χ2v) is 10.1. The lowest BCUT2D eigenvalue weighted by Gasteiger charge is -2.30. The van der Waals surface area contributed by atoms with Crippen molar-refractivity contribution in [3.63, 3.8) is 0 Å². The van der Waals surface area contributed by atoms with Crippen molar-refractivity contribution in [3.05, 3.63) is 84.1 Å². The number of para-hydroxylation sites is 1. The van der Waals surface area contributed by atoms with E-state index >= 15 is 0 Å². The number of hydrogen-bond donors (Lipinski definition) is 3. The standard InChI is InChI=1S/C30H32FN7O3S/c1-4-7-28(41-27-9-6-5-8-22(27)31)33-17-19(2)38-30(32)21(18-34-38)29(39)25-14-20-15-26(37-10-12-40-13-11-37)24(36-42-3)16-23(20)35-25/h4-9,14-18,35-36H,10-13,32H2,1-3H3/b7-4+,19-17+,33-28-. The summed E-state index contributed by atoms with van der Waals surface area (Å²) in [6, 6.07) is 12.0. The van der Waals surface area contributed by atoms with Crippen LogP contribution in [0.15, 0.2) is 72.0 Å². The number of nitrogens with zero attached hydrogens (tertiary/aromatic N) is 4. The highest BCUT2D eigenvalue weighted by Gasteiger charge is 2.22. The number of carbonyl (C=O) groups excluding carboxylic acids is 1. The fourth-order valence-corrected chi connectivity index (χ4v) is 4.99. The normalized spacial score (nSPS) is 14.6. The minimum absolute atomic E-state index is 0.0543. The van der Waals surface area contributed by atoms with E-state index in [2.05, 4.69) is 30.8 Å². The molecule has 3 heterocycles. The van der Waals surface area contributed by atoms with E-state index in [0.29, 0.717) is 24.6 Å². The number of aliphatic imine (C=N–C) groups is 1. The van der Waals surface area contributed by atoms with Crippen LogP contribution in [0.5, 0.6) is 5.75 Å². The van der Waals surface area contributed by atoms with Crippen molar-refractivity contribution >= 4 is 57.4 Å². The van der Waals surface area contributed by atoms with Crippen molar-refractivity contribution in [1.82, 2.24) is 14.8 Å². The van der Waals surface area contributed by atoms with Crippen LogP contribution in [0, 0.1) is 5.82 Å². The van der Waals surface area contributed by atoms with Crippen molar-refractivity contribution in [2.24, 2.45) is 4.99 Å². The zero-order chi connectivity index (χ0) is 29.6. The minimum Gasteiger partial charge on any atom is -0.436 e. The van der Waals surface area contributed by atoms with Gasteiger partial charge in [0.2, 0.25) is 11.7 Å². The molecule has 1 fully saturated rings. The van der Waals surface area contributed by atoms with Crippen LogP contribution in [0.1, 0.15) is 29.9 Å². The van der Waals surface area contributed by atoms with Crippen molar-refractivity contribution in [3.8, 4) is 5.75 Å². The first-order valence-electron chi connectivity index (χ1n) is 13.4. The van der Waals surface area contributed by atoms with Gasteiger partial charge in [-0.3, -0.25) is 4.79 Å². The Labute approximate surface area is 247 Å². The van der Waals surface area contributed by atoms with Gasteiger partial charge in [0.05, 0.1) is 53.9 Å². The number of nitrogen functional groups attached to an aromatic ring is 1. The number of H-pyrrole nitrogens is 1. The van der Waals surface area contributed by atoms with Gasteiger partial charge in [-0.25, -0.2) is 14.1 Å². The van der Waals surface area contributed by atoms with Gasteiger partial charge in [0.15, 0.2) is 11.6 Å². The van der Waals surface area contributed by atoms with E-state index in [1.165, 1.54) is 41.2 Å². The predicted octanol–water partition coefficient (Wildman–Crippen LogP) is 5.72. The third-order valence-electron chi connectivity index (χ3n) is 6.67. The summed E-state index contributed by atoms with van der Waals surface area (Å²) >= 11 is 1.51. The average Bonchev–Trinajstić information content (AvgIpc) is 3.60. The Morgan fingerprint density at radius 1 is 1.26 bits per heavy atom. The number of aromatic amines is 1. The van der Waals surface area contributed by atoms with E-state index in [0.717, 1.165) is 35.4 Å². The highest BCUT2D eigenvalue weighted by Crippen LogP contribution is 2.34. The van der Waals surface area contributed by atoms with E-state index in [1.54, 1.807) is 38.1 Å². The van der Waals surface area contributed by atoms with Crippen molar-refractivity contribution < 1.29 is 18.7 Å². The molecular formula is C30H32FN7O3S.